The van der Waals surface area contributed by atoms with Crippen molar-refractivity contribution in [2.75, 3.05) is 38.5 Å². The van der Waals surface area contributed by atoms with Gasteiger partial charge in [0.1, 0.15) is 0 Å². The Hall–Kier alpha value is -0.170. The fraction of sp³-hybridized carbons (Fsp3) is 1.00. The van der Waals surface area contributed by atoms with Gasteiger partial charge in [-0.1, -0.05) is 12.8 Å². The van der Waals surface area contributed by atoms with Crippen molar-refractivity contribution in [1.29, 1.82) is 0 Å². The van der Waals surface area contributed by atoms with E-state index in [4.69, 9.17) is 0 Å². The third kappa shape index (κ3) is 6.08. The van der Waals surface area contributed by atoms with Crippen LogP contribution in [0.3, 0.4) is 0 Å². The fourth-order valence-corrected chi connectivity index (χ4v) is 4.22. The first-order valence-electron chi connectivity index (χ1n) is 8.09. The zero-order chi connectivity index (χ0) is 14.3. The summed E-state index contributed by atoms with van der Waals surface area (Å²) in [6.45, 7) is 4.68. The van der Waals surface area contributed by atoms with Crippen LogP contribution in [-0.2, 0) is 10.0 Å². The predicted octanol–water partition coefficient (Wildman–Crippen LogP) is 0.924. The molecule has 0 aromatic rings. The molecule has 2 N–H and O–H groups in total. The number of piperidine rings is 2. The van der Waals surface area contributed by atoms with Crippen LogP contribution in [0.1, 0.15) is 44.9 Å². The van der Waals surface area contributed by atoms with Gasteiger partial charge in [0, 0.05) is 19.1 Å². The summed E-state index contributed by atoms with van der Waals surface area (Å²) in [6, 6.07) is 0.391. The Morgan fingerprint density at radius 2 is 1.90 bits per heavy atom. The molecule has 0 amide bonds. The van der Waals surface area contributed by atoms with E-state index in [1.54, 1.807) is 0 Å². The van der Waals surface area contributed by atoms with Gasteiger partial charge in [-0.3, -0.25) is 0 Å². The van der Waals surface area contributed by atoms with Gasteiger partial charge in [-0.2, -0.15) is 0 Å². The summed E-state index contributed by atoms with van der Waals surface area (Å²) >= 11 is 0. The lowest BCUT2D eigenvalue weighted by Gasteiger charge is -2.26. The van der Waals surface area contributed by atoms with Gasteiger partial charge in [0.2, 0.25) is 10.0 Å². The van der Waals surface area contributed by atoms with Crippen LogP contribution in [0.15, 0.2) is 0 Å². The van der Waals surface area contributed by atoms with E-state index in [-0.39, 0.29) is 5.75 Å². The molecular formula is C14H29N3O2S. The molecule has 0 spiro atoms. The van der Waals surface area contributed by atoms with Crippen LogP contribution in [0.25, 0.3) is 0 Å². The normalized spacial score (nSPS) is 25.7. The number of rotatable bonds is 7. The molecule has 1 atom stereocenters. The van der Waals surface area contributed by atoms with Crippen LogP contribution in [0.2, 0.25) is 0 Å². The summed E-state index contributed by atoms with van der Waals surface area (Å²) in [7, 11) is -3.10. The molecule has 0 saturated carbocycles. The van der Waals surface area contributed by atoms with Crippen molar-refractivity contribution >= 4 is 10.0 Å². The maximum Gasteiger partial charge on any atom is 0.211 e. The van der Waals surface area contributed by atoms with E-state index in [2.05, 4.69) is 14.9 Å². The molecule has 0 aliphatic carbocycles. The van der Waals surface area contributed by atoms with Crippen LogP contribution >= 0.6 is 0 Å². The van der Waals surface area contributed by atoms with Gasteiger partial charge in [0.05, 0.1) is 5.75 Å². The minimum absolute atomic E-state index is 0.255. The average Bonchev–Trinajstić information content (AvgIpc) is 2.47. The number of likely N-dealkylation sites (tertiary alicyclic amines) is 1. The number of sulfonamides is 1. The Balaban J connectivity index is 1.60. The zero-order valence-corrected chi connectivity index (χ0v) is 13.3. The molecule has 2 saturated heterocycles. The van der Waals surface area contributed by atoms with Crippen LogP contribution < -0.4 is 10.0 Å². The van der Waals surface area contributed by atoms with Crippen LogP contribution in [0.5, 0.6) is 0 Å². The smallest absolute Gasteiger partial charge is 0.211 e. The highest BCUT2D eigenvalue weighted by Gasteiger charge is 2.17. The third-order valence-electron chi connectivity index (χ3n) is 4.35. The minimum atomic E-state index is -3.10. The van der Waals surface area contributed by atoms with Crippen LogP contribution in [-0.4, -0.2) is 57.8 Å². The maximum absolute atomic E-state index is 12.0. The van der Waals surface area contributed by atoms with E-state index in [0.29, 0.717) is 12.6 Å². The van der Waals surface area contributed by atoms with Gasteiger partial charge in [0.15, 0.2) is 0 Å². The number of nitrogens with zero attached hydrogens (tertiary/aromatic N) is 1. The Kier molecular flexibility index (Phi) is 6.74. The Morgan fingerprint density at radius 3 is 2.60 bits per heavy atom. The summed E-state index contributed by atoms with van der Waals surface area (Å²) in [5.74, 6) is 0.255. The summed E-state index contributed by atoms with van der Waals surface area (Å²) in [5.41, 5.74) is 0. The zero-order valence-electron chi connectivity index (χ0n) is 12.4. The van der Waals surface area contributed by atoms with E-state index in [1.165, 1.54) is 32.1 Å². The van der Waals surface area contributed by atoms with Gasteiger partial charge >= 0.3 is 0 Å². The van der Waals surface area contributed by atoms with E-state index in [0.717, 1.165) is 39.0 Å². The van der Waals surface area contributed by atoms with Gasteiger partial charge in [0.25, 0.3) is 0 Å². The molecule has 2 rings (SSSR count). The first kappa shape index (κ1) is 16.2. The number of nitrogens with one attached hydrogen (secondary N) is 2. The van der Waals surface area contributed by atoms with Crippen molar-refractivity contribution in [1.82, 2.24) is 14.9 Å². The van der Waals surface area contributed by atoms with Gasteiger partial charge in [-0.15, -0.1) is 0 Å². The summed E-state index contributed by atoms with van der Waals surface area (Å²) < 4.78 is 26.7. The molecule has 0 bridgehead atoms. The van der Waals surface area contributed by atoms with Crippen LogP contribution in [0.4, 0.5) is 0 Å². The molecule has 0 radical (unpaired) electrons. The lowest BCUT2D eigenvalue weighted by atomic mass is 10.0. The average molecular weight is 303 g/mol. The van der Waals surface area contributed by atoms with E-state index < -0.39 is 10.0 Å². The van der Waals surface area contributed by atoms with E-state index >= 15 is 0 Å². The third-order valence-corrected chi connectivity index (χ3v) is 5.76. The van der Waals surface area contributed by atoms with E-state index in [1.807, 2.05) is 0 Å². The minimum Gasteiger partial charge on any atom is -0.314 e. The summed E-state index contributed by atoms with van der Waals surface area (Å²) in [4.78, 5) is 2.36. The summed E-state index contributed by atoms with van der Waals surface area (Å²) in [5, 5.41) is 3.40. The van der Waals surface area contributed by atoms with Gasteiger partial charge in [-0.05, 0) is 51.7 Å². The molecule has 2 heterocycles. The summed E-state index contributed by atoms with van der Waals surface area (Å²) in [6.07, 6.45) is 8.11. The SMILES string of the molecule is O=S(=O)(CCC1CCCCN1)NCCN1CCCCC1. The van der Waals surface area contributed by atoms with Gasteiger partial charge in [-0.25, -0.2) is 13.1 Å². The topological polar surface area (TPSA) is 61.4 Å². The molecule has 2 aliphatic rings. The van der Waals surface area contributed by atoms with Crippen molar-refractivity contribution < 1.29 is 8.42 Å². The highest BCUT2D eigenvalue weighted by Crippen LogP contribution is 2.11. The number of hydrogen-bond acceptors (Lipinski definition) is 4. The standard InChI is InChI=1S/C14H29N3O2S/c18-20(19,13-7-14-6-2-3-8-15-14)16-9-12-17-10-4-1-5-11-17/h14-16H,1-13H2. The predicted molar refractivity (Wildman–Crippen MR) is 82.3 cm³/mol. The molecule has 6 heteroatoms. The monoisotopic (exact) mass is 303 g/mol. The second kappa shape index (κ2) is 8.32. The second-order valence-electron chi connectivity index (χ2n) is 6.05. The highest BCUT2D eigenvalue weighted by atomic mass is 32.2. The Labute approximate surface area is 123 Å². The van der Waals surface area contributed by atoms with Gasteiger partial charge < -0.3 is 10.2 Å². The second-order valence-corrected chi connectivity index (χ2v) is 7.98. The lowest BCUT2D eigenvalue weighted by Crippen LogP contribution is -2.40. The molecule has 5 nitrogen and oxygen atoms in total. The number of hydrogen-bond donors (Lipinski definition) is 2. The highest BCUT2D eigenvalue weighted by molar-refractivity contribution is 7.89. The molecule has 2 aliphatic heterocycles. The molecule has 0 aromatic heterocycles. The maximum atomic E-state index is 12.0. The molecule has 118 valence electrons. The van der Waals surface area contributed by atoms with Crippen molar-refractivity contribution in [2.24, 2.45) is 0 Å². The molecule has 2 fully saturated rings. The Morgan fingerprint density at radius 1 is 1.10 bits per heavy atom. The van der Waals surface area contributed by atoms with Crippen molar-refractivity contribution in [3.63, 3.8) is 0 Å². The fourth-order valence-electron chi connectivity index (χ4n) is 3.08. The molecule has 0 aromatic carbocycles. The van der Waals surface area contributed by atoms with Crippen LogP contribution in [0, 0.1) is 0 Å². The molecular weight excluding hydrogens is 274 g/mol. The lowest BCUT2D eigenvalue weighted by molar-refractivity contribution is 0.232. The van der Waals surface area contributed by atoms with Crippen molar-refractivity contribution in [3.05, 3.63) is 0 Å². The quantitative estimate of drug-likeness (QED) is 0.734. The first-order chi connectivity index (χ1) is 9.66. The largest absolute Gasteiger partial charge is 0.314 e. The van der Waals surface area contributed by atoms with Crippen molar-refractivity contribution in [2.45, 2.75) is 51.0 Å². The molecule has 1 unspecified atom stereocenters. The Bertz CT molecular complexity index is 361. The first-order valence-corrected chi connectivity index (χ1v) is 9.74. The molecule has 20 heavy (non-hydrogen) atoms. The van der Waals surface area contributed by atoms with E-state index in [9.17, 15) is 8.42 Å². The van der Waals surface area contributed by atoms with Crippen molar-refractivity contribution in [3.8, 4) is 0 Å².